The average molecular weight is 418 g/mol. The Bertz CT molecular complexity index is 1070. The number of ether oxygens (including phenoxy) is 2. The second kappa shape index (κ2) is 10.6. The highest BCUT2D eigenvalue weighted by molar-refractivity contribution is 5.97. The second-order valence-corrected chi connectivity index (χ2v) is 6.66. The van der Waals surface area contributed by atoms with Gasteiger partial charge in [-0.2, -0.15) is 0 Å². The van der Waals surface area contributed by atoms with Crippen molar-refractivity contribution in [2.75, 3.05) is 17.2 Å². The zero-order valence-electron chi connectivity index (χ0n) is 17.0. The molecule has 0 aliphatic rings. The van der Waals surface area contributed by atoms with Gasteiger partial charge in [0.1, 0.15) is 17.9 Å². The highest BCUT2D eigenvalue weighted by atomic mass is 16.5. The number of amides is 2. The van der Waals surface area contributed by atoms with E-state index in [1.807, 2.05) is 30.3 Å². The molecule has 31 heavy (non-hydrogen) atoms. The highest BCUT2D eigenvalue weighted by Crippen LogP contribution is 2.20. The summed E-state index contributed by atoms with van der Waals surface area (Å²) in [7, 11) is 0. The smallest absolute Gasteiger partial charge is 0.342 e. The topological polar surface area (TPSA) is 93.7 Å². The van der Waals surface area contributed by atoms with Crippen molar-refractivity contribution >= 4 is 29.2 Å². The number of anilines is 2. The Morgan fingerprint density at radius 1 is 0.806 bits per heavy atom. The lowest BCUT2D eigenvalue weighted by Gasteiger charge is -2.12. The first-order valence-electron chi connectivity index (χ1n) is 9.61. The first-order chi connectivity index (χ1) is 15.0. The Labute approximate surface area is 180 Å². The van der Waals surface area contributed by atoms with Crippen molar-refractivity contribution in [1.29, 1.82) is 0 Å². The molecule has 3 rings (SSSR count). The fraction of sp³-hybridized carbons (Fsp3) is 0.125. The van der Waals surface area contributed by atoms with Crippen LogP contribution >= 0.6 is 0 Å². The van der Waals surface area contributed by atoms with Crippen LogP contribution < -0.4 is 15.4 Å². The first kappa shape index (κ1) is 21.6. The molecule has 0 spiro atoms. The summed E-state index contributed by atoms with van der Waals surface area (Å²) >= 11 is 0. The molecule has 7 nitrogen and oxygen atoms in total. The second-order valence-electron chi connectivity index (χ2n) is 6.66. The van der Waals surface area contributed by atoms with E-state index in [-0.39, 0.29) is 11.5 Å². The Hall–Kier alpha value is -4.13. The summed E-state index contributed by atoms with van der Waals surface area (Å²) in [6.45, 7) is 1.23. The summed E-state index contributed by atoms with van der Waals surface area (Å²) in [5, 5.41) is 5.26. The summed E-state index contributed by atoms with van der Waals surface area (Å²) in [6.07, 6.45) is 0. The van der Waals surface area contributed by atoms with Crippen molar-refractivity contribution in [3.63, 3.8) is 0 Å². The van der Waals surface area contributed by atoms with Crippen LogP contribution in [-0.2, 0) is 20.9 Å². The summed E-state index contributed by atoms with van der Waals surface area (Å²) in [6, 6.07) is 22.9. The van der Waals surface area contributed by atoms with Crippen LogP contribution in [0.2, 0.25) is 0 Å². The van der Waals surface area contributed by atoms with Crippen LogP contribution in [0.25, 0.3) is 0 Å². The summed E-state index contributed by atoms with van der Waals surface area (Å²) in [5.74, 6) is -1.01. The van der Waals surface area contributed by atoms with E-state index >= 15 is 0 Å². The van der Waals surface area contributed by atoms with Crippen molar-refractivity contribution < 1.29 is 23.9 Å². The molecule has 0 aromatic heterocycles. The molecule has 3 aromatic rings. The number of hydrogen-bond acceptors (Lipinski definition) is 5. The van der Waals surface area contributed by atoms with E-state index in [9.17, 15) is 14.4 Å². The van der Waals surface area contributed by atoms with Gasteiger partial charge < -0.3 is 20.1 Å². The SMILES string of the molecule is CC(=O)Nc1cccc(NC(=O)COC(=O)c2ccccc2OCc2ccccc2)c1. The number of hydrogen-bond donors (Lipinski definition) is 2. The largest absolute Gasteiger partial charge is 0.488 e. The third-order valence-corrected chi connectivity index (χ3v) is 4.15. The van der Waals surface area contributed by atoms with Crippen molar-refractivity contribution in [3.8, 4) is 5.75 Å². The van der Waals surface area contributed by atoms with E-state index in [1.165, 1.54) is 6.92 Å². The predicted molar refractivity (Wildman–Crippen MR) is 117 cm³/mol. The zero-order chi connectivity index (χ0) is 22.1. The standard InChI is InChI=1S/C24H22N2O5/c1-17(27)25-19-10-7-11-20(14-19)26-23(28)16-31-24(29)21-12-5-6-13-22(21)30-15-18-8-3-2-4-9-18/h2-14H,15-16H2,1H3,(H,25,27)(H,26,28). The van der Waals surface area contributed by atoms with Crippen LogP contribution in [0.4, 0.5) is 11.4 Å². The molecule has 0 bridgehead atoms. The molecule has 0 unspecified atom stereocenters. The van der Waals surface area contributed by atoms with Gasteiger partial charge in [-0.3, -0.25) is 9.59 Å². The van der Waals surface area contributed by atoms with Crippen molar-refractivity contribution in [2.45, 2.75) is 13.5 Å². The number of para-hydroxylation sites is 1. The fourth-order valence-electron chi connectivity index (χ4n) is 2.78. The van der Waals surface area contributed by atoms with Crippen LogP contribution in [0.3, 0.4) is 0 Å². The van der Waals surface area contributed by atoms with E-state index in [2.05, 4.69) is 10.6 Å². The molecule has 0 aliphatic carbocycles. The lowest BCUT2D eigenvalue weighted by Crippen LogP contribution is -2.21. The number of nitrogens with one attached hydrogen (secondary N) is 2. The van der Waals surface area contributed by atoms with Gasteiger partial charge in [-0.15, -0.1) is 0 Å². The maximum absolute atomic E-state index is 12.5. The molecule has 0 radical (unpaired) electrons. The van der Waals surface area contributed by atoms with Crippen LogP contribution in [0, 0.1) is 0 Å². The lowest BCUT2D eigenvalue weighted by molar-refractivity contribution is -0.119. The van der Waals surface area contributed by atoms with E-state index in [0.29, 0.717) is 23.7 Å². The Morgan fingerprint density at radius 3 is 2.23 bits per heavy atom. The number of benzene rings is 3. The quantitative estimate of drug-likeness (QED) is 0.539. The van der Waals surface area contributed by atoms with E-state index in [0.717, 1.165) is 5.56 Å². The molecular formula is C24H22N2O5. The zero-order valence-corrected chi connectivity index (χ0v) is 17.0. The van der Waals surface area contributed by atoms with E-state index < -0.39 is 18.5 Å². The molecule has 158 valence electrons. The molecule has 0 saturated carbocycles. The molecular weight excluding hydrogens is 396 g/mol. The van der Waals surface area contributed by atoms with Gasteiger partial charge in [-0.25, -0.2) is 4.79 Å². The molecule has 0 atom stereocenters. The average Bonchev–Trinajstić information content (AvgIpc) is 2.77. The van der Waals surface area contributed by atoms with E-state index in [1.54, 1.807) is 48.5 Å². The van der Waals surface area contributed by atoms with Gasteiger partial charge >= 0.3 is 5.97 Å². The number of carbonyl (C=O) groups is 3. The molecule has 0 aliphatic heterocycles. The third-order valence-electron chi connectivity index (χ3n) is 4.15. The minimum atomic E-state index is -0.661. The van der Waals surface area contributed by atoms with Crippen molar-refractivity contribution in [3.05, 3.63) is 90.0 Å². The minimum absolute atomic E-state index is 0.217. The van der Waals surface area contributed by atoms with Gasteiger partial charge in [0.2, 0.25) is 5.91 Å². The lowest BCUT2D eigenvalue weighted by atomic mass is 10.2. The monoisotopic (exact) mass is 418 g/mol. The van der Waals surface area contributed by atoms with Crippen molar-refractivity contribution in [1.82, 2.24) is 0 Å². The van der Waals surface area contributed by atoms with Gasteiger partial charge in [0.15, 0.2) is 6.61 Å². The normalized spacial score (nSPS) is 10.1. The van der Waals surface area contributed by atoms with Crippen molar-refractivity contribution in [2.24, 2.45) is 0 Å². The Balaban J connectivity index is 1.56. The van der Waals surface area contributed by atoms with Crippen LogP contribution in [0.1, 0.15) is 22.8 Å². The number of carbonyl (C=O) groups excluding carboxylic acids is 3. The first-order valence-corrected chi connectivity index (χ1v) is 9.61. The summed E-state index contributed by atoms with van der Waals surface area (Å²) < 4.78 is 10.9. The van der Waals surface area contributed by atoms with Gasteiger partial charge in [0.05, 0.1) is 0 Å². The van der Waals surface area contributed by atoms with E-state index in [4.69, 9.17) is 9.47 Å². The molecule has 0 heterocycles. The van der Waals surface area contributed by atoms with Gasteiger partial charge in [-0.05, 0) is 35.9 Å². The number of rotatable bonds is 8. The molecule has 7 heteroatoms. The maximum atomic E-state index is 12.5. The molecule has 0 fully saturated rings. The molecule has 0 saturated heterocycles. The Kier molecular flexibility index (Phi) is 7.37. The fourth-order valence-corrected chi connectivity index (χ4v) is 2.78. The molecule has 2 N–H and O–H groups in total. The van der Waals surface area contributed by atoms with Gasteiger partial charge in [-0.1, -0.05) is 48.5 Å². The Morgan fingerprint density at radius 2 is 1.48 bits per heavy atom. The highest BCUT2D eigenvalue weighted by Gasteiger charge is 2.15. The van der Waals surface area contributed by atoms with Crippen LogP contribution in [0.5, 0.6) is 5.75 Å². The predicted octanol–water partition coefficient (Wildman–Crippen LogP) is 4.02. The number of esters is 1. The molecule has 2 amide bonds. The summed E-state index contributed by atoms with van der Waals surface area (Å²) in [5.41, 5.74) is 2.22. The van der Waals surface area contributed by atoms with Crippen LogP contribution in [0.15, 0.2) is 78.9 Å². The third kappa shape index (κ3) is 6.71. The van der Waals surface area contributed by atoms with Gasteiger partial charge in [0, 0.05) is 18.3 Å². The molecule has 3 aromatic carbocycles. The van der Waals surface area contributed by atoms with Gasteiger partial charge in [0.25, 0.3) is 5.91 Å². The maximum Gasteiger partial charge on any atom is 0.342 e. The minimum Gasteiger partial charge on any atom is -0.488 e. The summed E-state index contributed by atoms with van der Waals surface area (Å²) in [4.78, 5) is 35.8. The van der Waals surface area contributed by atoms with Crippen LogP contribution in [-0.4, -0.2) is 24.4 Å².